The van der Waals surface area contributed by atoms with Crippen LogP contribution in [0.4, 0.5) is 13.2 Å². The second-order valence-electron chi connectivity index (χ2n) is 5.46. The SMILES string of the molecule is CN=C(NCc1ccc(OC)cc1C(F)(F)F)NCC1CCCO1. The van der Waals surface area contributed by atoms with Gasteiger partial charge in [-0.15, -0.1) is 0 Å². The molecule has 8 heteroatoms. The summed E-state index contributed by atoms with van der Waals surface area (Å²) >= 11 is 0. The first-order valence-electron chi connectivity index (χ1n) is 7.74. The number of hydrogen-bond acceptors (Lipinski definition) is 3. The molecule has 1 heterocycles. The van der Waals surface area contributed by atoms with Crippen LogP contribution in [0.3, 0.4) is 0 Å². The Bertz CT molecular complexity index is 570. The van der Waals surface area contributed by atoms with Crippen molar-refractivity contribution in [1.29, 1.82) is 0 Å². The van der Waals surface area contributed by atoms with Crippen molar-refractivity contribution in [2.45, 2.75) is 31.7 Å². The molecule has 134 valence electrons. The average molecular weight is 345 g/mol. The minimum Gasteiger partial charge on any atom is -0.497 e. The van der Waals surface area contributed by atoms with Crippen LogP contribution in [-0.2, 0) is 17.5 Å². The number of benzene rings is 1. The molecule has 1 aliphatic rings. The highest BCUT2D eigenvalue weighted by molar-refractivity contribution is 5.79. The highest BCUT2D eigenvalue weighted by atomic mass is 19.4. The molecule has 0 amide bonds. The van der Waals surface area contributed by atoms with E-state index in [-0.39, 0.29) is 24.0 Å². The van der Waals surface area contributed by atoms with Crippen molar-refractivity contribution in [2.75, 3.05) is 27.3 Å². The van der Waals surface area contributed by atoms with Gasteiger partial charge in [0.05, 0.1) is 18.8 Å². The summed E-state index contributed by atoms with van der Waals surface area (Å²) in [5.74, 6) is 0.612. The van der Waals surface area contributed by atoms with Crippen LogP contribution in [0.25, 0.3) is 0 Å². The van der Waals surface area contributed by atoms with Gasteiger partial charge in [-0.3, -0.25) is 4.99 Å². The third kappa shape index (κ3) is 5.02. The molecule has 0 aromatic heterocycles. The summed E-state index contributed by atoms with van der Waals surface area (Å²) in [6, 6.07) is 3.91. The van der Waals surface area contributed by atoms with Crippen LogP contribution < -0.4 is 15.4 Å². The first-order valence-corrected chi connectivity index (χ1v) is 7.74. The fourth-order valence-electron chi connectivity index (χ4n) is 2.52. The smallest absolute Gasteiger partial charge is 0.416 e. The van der Waals surface area contributed by atoms with Gasteiger partial charge >= 0.3 is 6.18 Å². The predicted octanol–water partition coefficient (Wildman–Crippen LogP) is 2.56. The lowest BCUT2D eigenvalue weighted by Gasteiger charge is -2.17. The van der Waals surface area contributed by atoms with E-state index in [4.69, 9.17) is 9.47 Å². The summed E-state index contributed by atoms with van der Waals surface area (Å²) in [5, 5.41) is 5.97. The van der Waals surface area contributed by atoms with Crippen molar-refractivity contribution >= 4 is 5.96 Å². The van der Waals surface area contributed by atoms with Crippen LogP contribution in [-0.4, -0.2) is 39.4 Å². The van der Waals surface area contributed by atoms with Gasteiger partial charge in [0.2, 0.25) is 0 Å². The molecule has 2 rings (SSSR count). The second kappa shape index (κ2) is 8.23. The first-order chi connectivity index (χ1) is 11.4. The molecule has 5 nitrogen and oxygen atoms in total. The number of nitrogens with zero attached hydrogens (tertiary/aromatic N) is 1. The van der Waals surface area contributed by atoms with Gasteiger partial charge in [-0.2, -0.15) is 13.2 Å². The maximum Gasteiger partial charge on any atom is 0.416 e. The summed E-state index contributed by atoms with van der Waals surface area (Å²) in [5.41, 5.74) is -0.590. The Kier molecular flexibility index (Phi) is 6.30. The van der Waals surface area contributed by atoms with E-state index >= 15 is 0 Å². The Morgan fingerprint density at radius 3 is 2.75 bits per heavy atom. The number of rotatable bonds is 5. The maximum absolute atomic E-state index is 13.2. The zero-order valence-corrected chi connectivity index (χ0v) is 13.7. The van der Waals surface area contributed by atoms with Gasteiger partial charge in [-0.1, -0.05) is 6.07 Å². The van der Waals surface area contributed by atoms with Gasteiger partial charge in [0.25, 0.3) is 0 Å². The lowest BCUT2D eigenvalue weighted by molar-refractivity contribution is -0.138. The van der Waals surface area contributed by atoms with E-state index in [1.165, 1.54) is 19.2 Å². The molecular weight excluding hydrogens is 323 g/mol. The van der Waals surface area contributed by atoms with Crippen LogP contribution in [0, 0.1) is 0 Å². The number of nitrogens with one attached hydrogen (secondary N) is 2. The fraction of sp³-hybridized carbons (Fsp3) is 0.562. The molecule has 1 aromatic carbocycles. The van der Waals surface area contributed by atoms with Crippen LogP contribution >= 0.6 is 0 Å². The molecule has 0 aliphatic carbocycles. The minimum absolute atomic E-state index is 0.00400. The summed E-state index contributed by atoms with van der Waals surface area (Å²) in [6.07, 6.45) is -2.32. The minimum atomic E-state index is -4.44. The lowest BCUT2D eigenvalue weighted by atomic mass is 10.1. The normalized spacial score (nSPS) is 18.5. The fourth-order valence-corrected chi connectivity index (χ4v) is 2.52. The predicted molar refractivity (Wildman–Crippen MR) is 85.2 cm³/mol. The quantitative estimate of drug-likeness (QED) is 0.636. The van der Waals surface area contributed by atoms with Crippen molar-refractivity contribution in [3.05, 3.63) is 29.3 Å². The zero-order chi connectivity index (χ0) is 17.6. The van der Waals surface area contributed by atoms with E-state index in [1.54, 1.807) is 7.05 Å². The Morgan fingerprint density at radius 1 is 1.38 bits per heavy atom. The van der Waals surface area contributed by atoms with Crippen LogP contribution in [0.15, 0.2) is 23.2 Å². The number of alkyl halides is 3. The van der Waals surface area contributed by atoms with Crippen molar-refractivity contribution in [1.82, 2.24) is 10.6 Å². The van der Waals surface area contributed by atoms with Crippen LogP contribution in [0.1, 0.15) is 24.0 Å². The van der Waals surface area contributed by atoms with Crippen molar-refractivity contribution in [3.63, 3.8) is 0 Å². The van der Waals surface area contributed by atoms with E-state index in [0.29, 0.717) is 12.5 Å². The third-order valence-electron chi connectivity index (χ3n) is 3.81. The Hall–Kier alpha value is -1.96. The van der Waals surface area contributed by atoms with Crippen LogP contribution in [0.5, 0.6) is 5.75 Å². The molecule has 1 atom stereocenters. The summed E-state index contributed by atoms with van der Waals surface area (Å²) in [4.78, 5) is 4.02. The molecule has 1 unspecified atom stereocenters. The average Bonchev–Trinajstić information content (AvgIpc) is 3.07. The Morgan fingerprint density at radius 2 is 2.17 bits per heavy atom. The summed E-state index contributed by atoms with van der Waals surface area (Å²) in [6.45, 7) is 1.33. The van der Waals surface area contributed by atoms with Crippen molar-refractivity contribution in [3.8, 4) is 5.75 Å². The van der Waals surface area contributed by atoms with Crippen molar-refractivity contribution < 1.29 is 22.6 Å². The molecule has 0 spiro atoms. The molecule has 1 fully saturated rings. The highest BCUT2D eigenvalue weighted by Gasteiger charge is 2.33. The standard InChI is InChI=1S/C16H22F3N3O2/c1-20-15(22-10-13-4-3-7-24-13)21-9-11-5-6-12(23-2)8-14(11)16(17,18)19/h5-6,8,13H,3-4,7,9-10H2,1-2H3,(H2,20,21,22). The molecule has 24 heavy (non-hydrogen) atoms. The number of aliphatic imine (C=N–C) groups is 1. The van der Waals surface area contributed by atoms with Crippen molar-refractivity contribution in [2.24, 2.45) is 4.99 Å². The van der Waals surface area contributed by atoms with Gasteiger partial charge in [0, 0.05) is 26.7 Å². The highest BCUT2D eigenvalue weighted by Crippen LogP contribution is 2.34. The van der Waals surface area contributed by atoms with Gasteiger partial charge in [0.1, 0.15) is 5.75 Å². The Balaban J connectivity index is 1.98. The summed E-state index contributed by atoms with van der Waals surface area (Å²) < 4.78 is 49.9. The van der Waals surface area contributed by atoms with E-state index in [0.717, 1.165) is 25.5 Å². The van der Waals surface area contributed by atoms with Gasteiger partial charge < -0.3 is 20.1 Å². The third-order valence-corrected chi connectivity index (χ3v) is 3.81. The number of ether oxygens (including phenoxy) is 2. The van der Waals surface area contributed by atoms with E-state index in [1.807, 2.05) is 0 Å². The van der Waals surface area contributed by atoms with Gasteiger partial charge in [-0.05, 0) is 30.5 Å². The second-order valence-corrected chi connectivity index (χ2v) is 5.46. The molecule has 1 aliphatic heterocycles. The number of methoxy groups -OCH3 is 1. The van der Waals surface area contributed by atoms with E-state index in [9.17, 15) is 13.2 Å². The summed E-state index contributed by atoms with van der Waals surface area (Å²) in [7, 11) is 2.91. The largest absolute Gasteiger partial charge is 0.497 e. The molecule has 0 saturated carbocycles. The monoisotopic (exact) mass is 345 g/mol. The molecule has 1 saturated heterocycles. The number of hydrogen-bond donors (Lipinski definition) is 2. The molecule has 1 aromatic rings. The van der Waals surface area contributed by atoms with Gasteiger partial charge in [0.15, 0.2) is 5.96 Å². The number of halogens is 3. The Labute approximate surface area is 139 Å². The zero-order valence-electron chi connectivity index (χ0n) is 13.7. The van der Waals surface area contributed by atoms with E-state index < -0.39 is 11.7 Å². The van der Waals surface area contributed by atoms with E-state index in [2.05, 4.69) is 15.6 Å². The lowest BCUT2D eigenvalue weighted by Crippen LogP contribution is -2.40. The van der Waals surface area contributed by atoms with Gasteiger partial charge in [-0.25, -0.2) is 0 Å². The first kappa shape index (κ1) is 18.4. The molecule has 2 N–H and O–H groups in total. The number of guanidine groups is 1. The van der Waals surface area contributed by atoms with Crippen LogP contribution in [0.2, 0.25) is 0 Å². The molecular formula is C16H22F3N3O2. The maximum atomic E-state index is 13.2. The molecule has 0 radical (unpaired) electrons. The topological polar surface area (TPSA) is 54.9 Å². The molecule has 0 bridgehead atoms.